The Balaban J connectivity index is 1.75. The van der Waals surface area contributed by atoms with E-state index in [0.717, 1.165) is 10.2 Å². The van der Waals surface area contributed by atoms with Gasteiger partial charge in [0.15, 0.2) is 0 Å². The van der Waals surface area contributed by atoms with E-state index in [1.807, 2.05) is 30.3 Å². The number of benzene rings is 2. The molecule has 0 aliphatic rings. The zero-order valence-electron chi connectivity index (χ0n) is 13.3. The van der Waals surface area contributed by atoms with E-state index < -0.39 is 11.2 Å². The fraction of sp³-hybridized carbons (Fsp3) is 0.167. The molecule has 0 atom stereocenters. The van der Waals surface area contributed by atoms with Gasteiger partial charge in [0.2, 0.25) is 0 Å². The lowest BCUT2D eigenvalue weighted by molar-refractivity contribution is 0.275. The van der Waals surface area contributed by atoms with Gasteiger partial charge in [0.1, 0.15) is 12.4 Å². The van der Waals surface area contributed by atoms with Crippen LogP contribution in [0.4, 0.5) is 4.39 Å². The summed E-state index contributed by atoms with van der Waals surface area (Å²) in [5, 5.41) is 3.95. The van der Waals surface area contributed by atoms with Gasteiger partial charge in [-0.15, -0.1) is 5.10 Å². The predicted molar refractivity (Wildman–Crippen MR) is 90.0 cm³/mol. The molecule has 0 amide bonds. The molecule has 0 aliphatic carbocycles. The van der Waals surface area contributed by atoms with Crippen LogP contribution < -0.4 is 16.0 Å². The Hall–Kier alpha value is -3.22. The van der Waals surface area contributed by atoms with Crippen LogP contribution in [0.5, 0.6) is 5.88 Å². The second-order valence-electron chi connectivity index (χ2n) is 5.40. The molecular weight excluding hydrogens is 325 g/mol. The molecule has 0 aliphatic heterocycles. The predicted octanol–water partition coefficient (Wildman–Crippen LogP) is 1.89. The van der Waals surface area contributed by atoms with Gasteiger partial charge in [-0.25, -0.2) is 13.9 Å². The first-order chi connectivity index (χ1) is 12.1. The van der Waals surface area contributed by atoms with Crippen molar-refractivity contribution in [1.29, 1.82) is 0 Å². The van der Waals surface area contributed by atoms with Crippen molar-refractivity contribution in [3.05, 3.63) is 92.4 Å². The van der Waals surface area contributed by atoms with Crippen molar-refractivity contribution < 1.29 is 9.13 Å². The first-order valence-corrected chi connectivity index (χ1v) is 7.75. The number of aromatic amines is 1. The standard InChI is InChI=1S/C18H16FN3O3/c19-15-9-5-4-8-14(15)10-11-22-18(24)20-16(23)17(21-22)25-12-13-6-2-1-3-7-13/h1-9H,10-12H2,(H,20,23,24). The second-order valence-corrected chi connectivity index (χ2v) is 5.40. The lowest BCUT2D eigenvalue weighted by Gasteiger charge is -2.08. The summed E-state index contributed by atoms with van der Waals surface area (Å²) in [5.41, 5.74) is -0.0153. The van der Waals surface area contributed by atoms with E-state index in [1.165, 1.54) is 6.07 Å². The summed E-state index contributed by atoms with van der Waals surface area (Å²) in [6.45, 7) is 0.278. The Kier molecular flexibility index (Phi) is 5.03. The SMILES string of the molecule is O=c1[nH]c(=O)n(CCc2ccccc2F)nc1OCc1ccccc1. The van der Waals surface area contributed by atoms with Crippen LogP contribution >= 0.6 is 0 Å². The molecule has 0 radical (unpaired) electrons. The van der Waals surface area contributed by atoms with Gasteiger partial charge in [0.25, 0.3) is 5.88 Å². The maximum Gasteiger partial charge on any atom is 0.344 e. The number of hydrogen-bond donors (Lipinski definition) is 1. The number of ether oxygens (including phenoxy) is 1. The summed E-state index contributed by atoms with van der Waals surface area (Å²) in [5.74, 6) is -0.544. The highest BCUT2D eigenvalue weighted by Gasteiger charge is 2.09. The van der Waals surface area contributed by atoms with E-state index >= 15 is 0 Å². The van der Waals surface area contributed by atoms with Gasteiger partial charge < -0.3 is 4.74 Å². The molecule has 6 nitrogen and oxygen atoms in total. The molecule has 7 heteroatoms. The molecule has 128 valence electrons. The number of halogens is 1. The van der Waals surface area contributed by atoms with Gasteiger partial charge >= 0.3 is 11.2 Å². The van der Waals surface area contributed by atoms with Gasteiger partial charge in [-0.1, -0.05) is 48.5 Å². The molecule has 3 aromatic rings. The van der Waals surface area contributed by atoms with Crippen molar-refractivity contribution in [1.82, 2.24) is 14.8 Å². The highest BCUT2D eigenvalue weighted by molar-refractivity contribution is 5.17. The molecule has 1 aromatic heterocycles. The highest BCUT2D eigenvalue weighted by Crippen LogP contribution is 2.08. The summed E-state index contributed by atoms with van der Waals surface area (Å²) in [7, 11) is 0. The van der Waals surface area contributed by atoms with Crippen LogP contribution in [0.2, 0.25) is 0 Å². The van der Waals surface area contributed by atoms with Crippen molar-refractivity contribution in [3.8, 4) is 5.88 Å². The molecule has 1 N–H and O–H groups in total. The number of nitrogens with zero attached hydrogens (tertiary/aromatic N) is 2. The van der Waals surface area contributed by atoms with Crippen LogP contribution in [0.25, 0.3) is 0 Å². The van der Waals surface area contributed by atoms with E-state index in [4.69, 9.17) is 4.74 Å². The van der Waals surface area contributed by atoms with E-state index in [2.05, 4.69) is 10.1 Å². The average molecular weight is 341 g/mol. The number of aromatic nitrogens is 3. The number of nitrogens with one attached hydrogen (secondary N) is 1. The van der Waals surface area contributed by atoms with Crippen LogP contribution in [-0.2, 0) is 19.6 Å². The van der Waals surface area contributed by atoms with E-state index in [9.17, 15) is 14.0 Å². The first-order valence-electron chi connectivity index (χ1n) is 7.75. The summed E-state index contributed by atoms with van der Waals surface area (Å²) in [6.07, 6.45) is 0.268. The summed E-state index contributed by atoms with van der Waals surface area (Å²) < 4.78 is 20.1. The van der Waals surface area contributed by atoms with Gasteiger partial charge in [0.05, 0.1) is 6.54 Å². The maximum atomic E-state index is 13.7. The number of H-pyrrole nitrogens is 1. The average Bonchev–Trinajstić information content (AvgIpc) is 2.62. The summed E-state index contributed by atoms with van der Waals surface area (Å²) >= 11 is 0. The molecule has 3 rings (SSSR count). The Morgan fingerprint density at radius 1 is 1.04 bits per heavy atom. The lowest BCUT2D eigenvalue weighted by Crippen LogP contribution is -2.33. The smallest absolute Gasteiger partial charge is 0.344 e. The van der Waals surface area contributed by atoms with Crippen molar-refractivity contribution in [2.75, 3.05) is 0 Å². The van der Waals surface area contributed by atoms with Crippen LogP contribution in [0, 0.1) is 5.82 Å². The van der Waals surface area contributed by atoms with Gasteiger partial charge in [-0.3, -0.25) is 9.78 Å². The van der Waals surface area contributed by atoms with Gasteiger partial charge in [-0.05, 0) is 23.6 Å². The Labute approximate surface area is 142 Å². The maximum absolute atomic E-state index is 13.7. The molecule has 25 heavy (non-hydrogen) atoms. The third-order valence-corrected chi connectivity index (χ3v) is 3.63. The second kappa shape index (κ2) is 7.57. The third-order valence-electron chi connectivity index (χ3n) is 3.63. The quantitative estimate of drug-likeness (QED) is 0.743. The van der Waals surface area contributed by atoms with E-state index in [-0.39, 0.29) is 31.3 Å². The molecule has 0 saturated carbocycles. The van der Waals surface area contributed by atoms with Crippen molar-refractivity contribution in [2.24, 2.45) is 0 Å². The molecular formula is C18H16FN3O3. The third kappa shape index (κ3) is 4.20. The molecule has 2 aromatic carbocycles. The normalized spacial score (nSPS) is 10.6. The van der Waals surface area contributed by atoms with Crippen LogP contribution in [0.15, 0.2) is 64.2 Å². The molecule has 0 fully saturated rings. The Bertz CT molecular complexity index is 967. The molecule has 0 spiro atoms. The fourth-order valence-corrected chi connectivity index (χ4v) is 2.31. The minimum atomic E-state index is -0.692. The summed E-state index contributed by atoms with van der Waals surface area (Å²) in [6, 6.07) is 15.6. The number of hydrogen-bond acceptors (Lipinski definition) is 4. The van der Waals surface area contributed by atoms with Crippen molar-refractivity contribution in [3.63, 3.8) is 0 Å². The minimum Gasteiger partial charge on any atom is -0.468 e. The first kappa shape index (κ1) is 16.6. The van der Waals surface area contributed by atoms with Gasteiger partial charge in [-0.2, -0.15) is 0 Å². The molecule has 0 bridgehead atoms. The minimum absolute atomic E-state index is 0.123. The Morgan fingerprint density at radius 2 is 1.76 bits per heavy atom. The highest BCUT2D eigenvalue weighted by atomic mass is 19.1. The van der Waals surface area contributed by atoms with E-state index in [1.54, 1.807) is 18.2 Å². The molecule has 0 saturated heterocycles. The number of rotatable bonds is 6. The molecule has 1 heterocycles. The summed E-state index contributed by atoms with van der Waals surface area (Å²) in [4.78, 5) is 25.9. The monoisotopic (exact) mass is 341 g/mol. The lowest BCUT2D eigenvalue weighted by atomic mass is 10.1. The fourth-order valence-electron chi connectivity index (χ4n) is 2.31. The van der Waals surface area contributed by atoms with Gasteiger partial charge in [0, 0.05) is 0 Å². The largest absolute Gasteiger partial charge is 0.468 e. The molecule has 0 unspecified atom stereocenters. The topological polar surface area (TPSA) is 77.0 Å². The Morgan fingerprint density at radius 3 is 2.52 bits per heavy atom. The zero-order valence-corrected chi connectivity index (χ0v) is 13.3. The zero-order chi connectivity index (χ0) is 17.6. The van der Waals surface area contributed by atoms with Crippen molar-refractivity contribution >= 4 is 0 Å². The van der Waals surface area contributed by atoms with E-state index in [0.29, 0.717) is 5.56 Å². The van der Waals surface area contributed by atoms with Crippen LogP contribution in [0.1, 0.15) is 11.1 Å². The van der Waals surface area contributed by atoms with Crippen molar-refractivity contribution in [2.45, 2.75) is 19.6 Å². The van der Waals surface area contributed by atoms with Crippen LogP contribution in [-0.4, -0.2) is 14.8 Å². The van der Waals surface area contributed by atoms with Crippen LogP contribution in [0.3, 0.4) is 0 Å². The number of aryl methyl sites for hydroxylation is 2.